The molecule has 2 amide bonds. The van der Waals surface area contributed by atoms with Crippen molar-refractivity contribution in [2.45, 2.75) is 45.2 Å². The summed E-state index contributed by atoms with van der Waals surface area (Å²) < 4.78 is 5.30. The number of likely N-dealkylation sites (tertiary alicyclic amines) is 1. The van der Waals surface area contributed by atoms with E-state index in [4.69, 9.17) is 10.5 Å². The molecule has 0 radical (unpaired) electrons. The molecular weight excluding hydrogens is 440 g/mol. The lowest BCUT2D eigenvalue weighted by molar-refractivity contribution is -0.127. The number of nitrogens with two attached hydrogens (primary N) is 1. The molecule has 0 bridgehead atoms. The first-order valence-corrected chi connectivity index (χ1v) is 12.6. The number of hydrogen-bond donors (Lipinski definition) is 2. The molecule has 1 fully saturated rings. The molecule has 190 valence electrons. The highest BCUT2D eigenvalue weighted by Crippen LogP contribution is 2.26. The Bertz CT molecular complexity index is 950. The largest absolute Gasteiger partial charge is 0.497 e. The minimum Gasteiger partial charge on any atom is -0.497 e. The van der Waals surface area contributed by atoms with Crippen LogP contribution in [0.15, 0.2) is 54.6 Å². The van der Waals surface area contributed by atoms with Gasteiger partial charge in [0.1, 0.15) is 11.8 Å². The third-order valence-electron chi connectivity index (χ3n) is 6.55. The number of hydrogen-bond acceptors (Lipinski definition) is 5. The summed E-state index contributed by atoms with van der Waals surface area (Å²) in [5.74, 6) is 0.851. The molecular formula is C28H40N4O3. The van der Waals surface area contributed by atoms with Crippen molar-refractivity contribution in [2.75, 3.05) is 39.8 Å². The van der Waals surface area contributed by atoms with Crippen LogP contribution in [0, 0.1) is 5.92 Å². The SMILES string of the molecule is COc1cccc(C(=O)N2CCC(N(CCc3ccccc3)CC(C)C)C[C@@H]2C(=O)NCCN)c1. The molecule has 2 atom stereocenters. The minimum atomic E-state index is -0.537. The standard InChI is InChI=1S/C28H40N4O3/c1-21(2)20-31(16-12-22-8-5-4-6-9-22)24-13-17-32(26(19-24)27(33)30-15-14-29)28(34)23-10-7-11-25(18-23)35-3/h4-11,18,21,24,26H,12-17,19-20,29H2,1-3H3,(H,30,33)/t24?,26-/m1/s1. The molecule has 0 aromatic heterocycles. The second-order valence-corrected chi connectivity index (χ2v) is 9.63. The van der Waals surface area contributed by atoms with E-state index in [0.717, 1.165) is 25.9 Å². The molecule has 7 heteroatoms. The first-order valence-electron chi connectivity index (χ1n) is 12.6. The van der Waals surface area contributed by atoms with Gasteiger partial charge in [-0.1, -0.05) is 50.2 Å². The quantitative estimate of drug-likeness (QED) is 0.516. The van der Waals surface area contributed by atoms with Crippen LogP contribution in [0.4, 0.5) is 0 Å². The Kier molecular flexibility index (Phi) is 10.1. The molecule has 1 heterocycles. The molecule has 7 nitrogen and oxygen atoms in total. The van der Waals surface area contributed by atoms with Gasteiger partial charge in [-0.3, -0.25) is 14.5 Å². The van der Waals surface area contributed by atoms with Crippen molar-refractivity contribution in [1.29, 1.82) is 0 Å². The molecule has 1 aliphatic heterocycles. The first kappa shape index (κ1) is 26.7. The van der Waals surface area contributed by atoms with E-state index in [9.17, 15) is 9.59 Å². The van der Waals surface area contributed by atoms with Crippen molar-refractivity contribution in [3.8, 4) is 5.75 Å². The fraction of sp³-hybridized carbons (Fsp3) is 0.500. The average molecular weight is 481 g/mol. The lowest BCUT2D eigenvalue weighted by atomic mass is 9.93. The van der Waals surface area contributed by atoms with Gasteiger partial charge in [0.25, 0.3) is 5.91 Å². The molecule has 2 aromatic carbocycles. The molecule has 0 spiro atoms. The summed E-state index contributed by atoms with van der Waals surface area (Å²) in [5.41, 5.74) is 7.47. The van der Waals surface area contributed by atoms with Crippen LogP contribution in [-0.2, 0) is 11.2 Å². The Balaban J connectivity index is 1.79. The van der Waals surface area contributed by atoms with E-state index >= 15 is 0 Å². The Morgan fingerprint density at radius 2 is 1.94 bits per heavy atom. The highest BCUT2D eigenvalue weighted by Gasteiger charge is 2.38. The molecule has 3 N–H and O–H groups in total. The normalized spacial score (nSPS) is 18.1. The number of nitrogens with zero attached hydrogens (tertiary/aromatic N) is 2. The summed E-state index contributed by atoms with van der Waals surface area (Å²) in [4.78, 5) is 30.9. The van der Waals surface area contributed by atoms with Crippen molar-refractivity contribution < 1.29 is 14.3 Å². The third-order valence-corrected chi connectivity index (χ3v) is 6.55. The second kappa shape index (κ2) is 13.3. The van der Waals surface area contributed by atoms with Crippen molar-refractivity contribution in [3.63, 3.8) is 0 Å². The number of ether oxygens (including phenoxy) is 1. The molecule has 2 aromatic rings. The van der Waals surface area contributed by atoms with Crippen LogP contribution in [-0.4, -0.2) is 73.5 Å². The topological polar surface area (TPSA) is 87.9 Å². The van der Waals surface area contributed by atoms with Gasteiger partial charge < -0.3 is 20.7 Å². The average Bonchev–Trinajstić information content (AvgIpc) is 2.89. The first-order chi connectivity index (χ1) is 16.9. The maximum atomic E-state index is 13.5. The summed E-state index contributed by atoms with van der Waals surface area (Å²) >= 11 is 0. The van der Waals surface area contributed by atoms with Crippen LogP contribution in [0.2, 0.25) is 0 Å². The summed E-state index contributed by atoms with van der Waals surface area (Å²) in [6.07, 6.45) is 2.39. The number of benzene rings is 2. The Morgan fingerprint density at radius 3 is 2.63 bits per heavy atom. The molecule has 1 aliphatic rings. The zero-order valence-corrected chi connectivity index (χ0v) is 21.3. The minimum absolute atomic E-state index is 0.135. The Morgan fingerprint density at radius 1 is 1.17 bits per heavy atom. The molecule has 0 saturated carbocycles. The van der Waals surface area contributed by atoms with Crippen LogP contribution < -0.4 is 15.8 Å². The molecule has 3 rings (SSSR count). The molecule has 35 heavy (non-hydrogen) atoms. The zero-order valence-electron chi connectivity index (χ0n) is 21.3. The van der Waals surface area contributed by atoms with Gasteiger partial charge in [0.05, 0.1) is 7.11 Å². The van der Waals surface area contributed by atoms with E-state index in [1.807, 2.05) is 12.1 Å². The van der Waals surface area contributed by atoms with Crippen molar-refractivity contribution in [2.24, 2.45) is 11.7 Å². The lowest BCUT2D eigenvalue weighted by Gasteiger charge is -2.43. The number of carbonyl (C=O) groups is 2. The zero-order chi connectivity index (χ0) is 25.2. The summed E-state index contributed by atoms with van der Waals surface area (Å²) in [5, 5.41) is 2.92. The fourth-order valence-electron chi connectivity index (χ4n) is 4.81. The summed E-state index contributed by atoms with van der Waals surface area (Å²) in [6, 6.07) is 17.3. The molecule has 1 unspecified atom stereocenters. The summed E-state index contributed by atoms with van der Waals surface area (Å²) in [6.45, 7) is 7.62. The predicted molar refractivity (Wildman–Crippen MR) is 139 cm³/mol. The highest BCUT2D eigenvalue weighted by atomic mass is 16.5. The molecule has 1 saturated heterocycles. The highest BCUT2D eigenvalue weighted by molar-refractivity contribution is 5.98. The van der Waals surface area contributed by atoms with Gasteiger partial charge in [0, 0.05) is 44.3 Å². The van der Waals surface area contributed by atoms with Gasteiger partial charge >= 0.3 is 0 Å². The number of piperidine rings is 1. The van der Waals surface area contributed by atoms with Gasteiger partial charge in [-0.2, -0.15) is 0 Å². The van der Waals surface area contributed by atoms with Gasteiger partial charge in [0.2, 0.25) is 5.91 Å². The third kappa shape index (κ3) is 7.54. The van der Waals surface area contributed by atoms with E-state index in [-0.39, 0.29) is 17.9 Å². The van der Waals surface area contributed by atoms with Crippen LogP contribution in [0.3, 0.4) is 0 Å². The van der Waals surface area contributed by atoms with Crippen molar-refractivity contribution in [1.82, 2.24) is 15.1 Å². The maximum Gasteiger partial charge on any atom is 0.254 e. The smallest absolute Gasteiger partial charge is 0.254 e. The van der Waals surface area contributed by atoms with Crippen LogP contribution in [0.5, 0.6) is 5.75 Å². The second-order valence-electron chi connectivity index (χ2n) is 9.63. The van der Waals surface area contributed by atoms with Gasteiger partial charge in [-0.25, -0.2) is 0 Å². The van der Waals surface area contributed by atoms with Crippen LogP contribution in [0.1, 0.15) is 42.6 Å². The van der Waals surface area contributed by atoms with E-state index in [1.165, 1.54) is 5.56 Å². The number of rotatable bonds is 11. The fourth-order valence-corrected chi connectivity index (χ4v) is 4.81. The number of methoxy groups -OCH3 is 1. The summed E-state index contributed by atoms with van der Waals surface area (Å²) in [7, 11) is 1.58. The van der Waals surface area contributed by atoms with Crippen molar-refractivity contribution >= 4 is 11.8 Å². The van der Waals surface area contributed by atoms with E-state index < -0.39 is 6.04 Å². The number of nitrogens with one attached hydrogen (secondary N) is 1. The van der Waals surface area contributed by atoms with E-state index in [2.05, 4.69) is 48.3 Å². The van der Waals surface area contributed by atoms with E-state index in [0.29, 0.717) is 43.3 Å². The van der Waals surface area contributed by atoms with Crippen LogP contribution in [0.25, 0.3) is 0 Å². The Hall–Kier alpha value is -2.90. The number of amides is 2. The monoisotopic (exact) mass is 480 g/mol. The van der Waals surface area contributed by atoms with E-state index in [1.54, 1.807) is 30.2 Å². The predicted octanol–water partition coefficient (Wildman–Crippen LogP) is 2.94. The Labute approximate surface area is 209 Å². The lowest BCUT2D eigenvalue weighted by Crippen LogP contribution is -2.58. The van der Waals surface area contributed by atoms with Gasteiger partial charge in [-0.15, -0.1) is 0 Å². The van der Waals surface area contributed by atoms with Crippen molar-refractivity contribution in [3.05, 3.63) is 65.7 Å². The maximum absolute atomic E-state index is 13.5. The van der Waals surface area contributed by atoms with Gasteiger partial charge in [-0.05, 0) is 48.9 Å². The number of carbonyl (C=O) groups excluding carboxylic acids is 2. The molecule has 0 aliphatic carbocycles. The van der Waals surface area contributed by atoms with Gasteiger partial charge in [0.15, 0.2) is 0 Å². The van der Waals surface area contributed by atoms with Crippen LogP contribution >= 0.6 is 0 Å².